The van der Waals surface area contributed by atoms with Crippen LogP contribution in [0.3, 0.4) is 0 Å². The van der Waals surface area contributed by atoms with Crippen molar-refractivity contribution in [3.63, 3.8) is 0 Å². The lowest BCUT2D eigenvalue weighted by Gasteiger charge is -2.25. The number of rotatable bonds is 3. The van der Waals surface area contributed by atoms with Gasteiger partial charge in [0.05, 0.1) is 5.69 Å². The first kappa shape index (κ1) is 10.3. The fourth-order valence-electron chi connectivity index (χ4n) is 2.24. The Bertz CT molecular complexity index is 522. The Morgan fingerprint density at radius 2 is 2.29 bits per heavy atom. The predicted molar refractivity (Wildman–Crippen MR) is 64.0 cm³/mol. The molecule has 0 atom stereocenters. The third-order valence-corrected chi connectivity index (χ3v) is 3.48. The predicted octanol–water partition coefficient (Wildman–Crippen LogP) is 1.06. The highest BCUT2D eigenvalue weighted by Gasteiger charge is 2.22. The summed E-state index contributed by atoms with van der Waals surface area (Å²) < 4.78 is 3.71. The highest BCUT2D eigenvalue weighted by atomic mass is 15.5. The van der Waals surface area contributed by atoms with E-state index in [0.29, 0.717) is 5.82 Å². The van der Waals surface area contributed by atoms with Crippen molar-refractivity contribution in [2.24, 2.45) is 13.0 Å². The third-order valence-electron chi connectivity index (χ3n) is 3.48. The van der Waals surface area contributed by atoms with Crippen LogP contribution in [0.2, 0.25) is 0 Å². The van der Waals surface area contributed by atoms with Crippen molar-refractivity contribution < 1.29 is 0 Å². The van der Waals surface area contributed by atoms with Crippen molar-refractivity contribution in [3.05, 3.63) is 12.3 Å². The second-order valence-electron chi connectivity index (χ2n) is 4.64. The van der Waals surface area contributed by atoms with Crippen LogP contribution in [-0.4, -0.2) is 24.8 Å². The van der Waals surface area contributed by atoms with Gasteiger partial charge in [-0.05, 0) is 24.8 Å². The number of hydrogen-bond acceptors (Lipinski definition) is 4. The lowest BCUT2D eigenvalue weighted by molar-refractivity contribution is 0.265. The largest absolute Gasteiger partial charge is 0.380 e. The van der Waals surface area contributed by atoms with Crippen LogP contribution in [-0.2, 0) is 13.6 Å². The number of nitrogens with zero attached hydrogens (tertiary/aromatic N) is 5. The minimum Gasteiger partial charge on any atom is -0.380 e. The monoisotopic (exact) mass is 232 g/mol. The van der Waals surface area contributed by atoms with E-state index in [1.54, 1.807) is 10.9 Å². The first-order chi connectivity index (χ1) is 8.25. The lowest BCUT2D eigenvalue weighted by Crippen LogP contribution is -2.19. The normalized spacial score (nSPS) is 16.1. The fourth-order valence-corrected chi connectivity index (χ4v) is 2.24. The molecular weight excluding hydrogens is 216 g/mol. The smallest absolute Gasteiger partial charge is 0.175 e. The molecule has 1 fully saturated rings. The van der Waals surface area contributed by atoms with Crippen molar-refractivity contribution in [3.8, 4) is 11.4 Å². The molecule has 1 aliphatic rings. The molecule has 6 heteroatoms. The second kappa shape index (κ2) is 3.87. The van der Waals surface area contributed by atoms with Crippen LogP contribution in [0.15, 0.2) is 12.3 Å². The van der Waals surface area contributed by atoms with Crippen LogP contribution >= 0.6 is 0 Å². The van der Waals surface area contributed by atoms with Crippen LogP contribution in [0, 0.1) is 5.92 Å². The number of aryl methyl sites for hydroxylation is 1. The zero-order chi connectivity index (χ0) is 11.8. The summed E-state index contributed by atoms with van der Waals surface area (Å²) in [5.41, 5.74) is 7.75. The van der Waals surface area contributed by atoms with Gasteiger partial charge in [0.2, 0.25) is 0 Å². The molecule has 0 amide bonds. The van der Waals surface area contributed by atoms with Crippen LogP contribution in [0.5, 0.6) is 0 Å². The Labute approximate surface area is 99.4 Å². The fraction of sp³-hybridized carbons (Fsp3) is 0.545. The summed E-state index contributed by atoms with van der Waals surface area (Å²) in [7, 11) is 1.90. The molecule has 6 nitrogen and oxygen atoms in total. The van der Waals surface area contributed by atoms with Crippen molar-refractivity contribution in [1.29, 1.82) is 0 Å². The van der Waals surface area contributed by atoms with Gasteiger partial charge in [-0.1, -0.05) is 11.6 Å². The molecule has 0 bridgehead atoms. The van der Waals surface area contributed by atoms with Gasteiger partial charge in [-0.15, -0.1) is 5.10 Å². The molecule has 2 aromatic heterocycles. The highest BCUT2D eigenvalue weighted by Crippen LogP contribution is 2.30. The molecule has 0 radical (unpaired) electrons. The Kier molecular flexibility index (Phi) is 2.35. The average Bonchev–Trinajstić information content (AvgIpc) is 2.79. The van der Waals surface area contributed by atoms with Gasteiger partial charge in [0.15, 0.2) is 5.82 Å². The molecule has 90 valence electrons. The van der Waals surface area contributed by atoms with Gasteiger partial charge in [0.1, 0.15) is 5.69 Å². The standard InChI is InChI=1S/C11H16N6/c1-16-9(5-6-13-16)10-11(12)14-15-17(10)7-8-3-2-4-8/h5-6,8H,2-4,7,12H2,1H3. The van der Waals surface area contributed by atoms with E-state index in [2.05, 4.69) is 15.4 Å². The zero-order valence-corrected chi connectivity index (χ0v) is 9.87. The zero-order valence-electron chi connectivity index (χ0n) is 9.87. The topological polar surface area (TPSA) is 74.6 Å². The summed E-state index contributed by atoms with van der Waals surface area (Å²) in [5, 5.41) is 12.3. The van der Waals surface area contributed by atoms with Crippen molar-refractivity contribution >= 4 is 5.82 Å². The van der Waals surface area contributed by atoms with Gasteiger partial charge in [-0.25, -0.2) is 4.68 Å². The van der Waals surface area contributed by atoms with E-state index in [4.69, 9.17) is 5.73 Å². The van der Waals surface area contributed by atoms with Crippen molar-refractivity contribution in [1.82, 2.24) is 24.8 Å². The Hall–Kier alpha value is -1.85. The molecule has 0 saturated heterocycles. The van der Waals surface area contributed by atoms with Crippen molar-refractivity contribution in [2.45, 2.75) is 25.8 Å². The SMILES string of the molecule is Cn1nccc1-c1c(N)nnn1CC1CCC1. The Balaban J connectivity index is 1.97. The molecule has 0 unspecified atom stereocenters. The maximum Gasteiger partial charge on any atom is 0.175 e. The third kappa shape index (κ3) is 1.69. The molecule has 2 heterocycles. The summed E-state index contributed by atoms with van der Waals surface area (Å²) in [6.07, 6.45) is 5.65. The van der Waals surface area contributed by atoms with E-state index in [9.17, 15) is 0 Å². The molecule has 0 spiro atoms. The van der Waals surface area contributed by atoms with E-state index < -0.39 is 0 Å². The summed E-state index contributed by atoms with van der Waals surface area (Å²) in [6, 6.07) is 1.94. The van der Waals surface area contributed by atoms with Crippen LogP contribution < -0.4 is 5.73 Å². The van der Waals surface area contributed by atoms with E-state index in [0.717, 1.165) is 23.9 Å². The van der Waals surface area contributed by atoms with Gasteiger partial charge >= 0.3 is 0 Å². The first-order valence-electron chi connectivity index (χ1n) is 5.93. The summed E-state index contributed by atoms with van der Waals surface area (Å²) in [6.45, 7) is 0.907. The number of aromatic nitrogens is 5. The number of anilines is 1. The van der Waals surface area contributed by atoms with Gasteiger partial charge in [-0.3, -0.25) is 4.68 Å². The average molecular weight is 232 g/mol. The summed E-state index contributed by atoms with van der Waals surface area (Å²) in [5.74, 6) is 1.20. The molecule has 2 aromatic rings. The summed E-state index contributed by atoms with van der Waals surface area (Å²) in [4.78, 5) is 0. The highest BCUT2D eigenvalue weighted by molar-refractivity contribution is 5.66. The van der Waals surface area contributed by atoms with Crippen LogP contribution in [0.25, 0.3) is 11.4 Å². The molecule has 17 heavy (non-hydrogen) atoms. The summed E-state index contributed by atoms with van der Waals surface area (Å²) >= 11 is 0. The van der Waals surface area contributed by atoms with E-state index >= 15 is 0 Å². The first-order valence-corrected chi connectivity index (χ1v) is 5.93. The van der Waals surface area contributed by atoms with Gasteiger partial charge in [0, 0.05) is 19.8 Å². The van der Waals surface area contributed by atoms with Crippen LogP contribution in [0.4, 0.5) is 5.82 Å². The minimum absolute atomic E-state index is 0.480. The maximum atomic E-state index is 5.90. The van der Waals surface area contributed by atoms with Gasteiger partial charge in [-0.2, -0.15) is 5.10 Å². The Morgan fingerprint density at radius 3 is 2.88 bits per heavy atom. The molecule has 0 aromatic carbocycles. The number of nitrogen functional groups attached to an aromatic ring is 1. The van der Waals surface area contributed by atoms with Gasteiger partial charge < -0.3 is 5.73 Å². The van der Waals surface area contributed by atoms with Gasteiger partial charge in [0.25, 0.3) is 0 Å². The molecule has 1 aliphatic carbocycles. The molecule has 2 N–H and O–H groups in total. The molecule has 3 rings (SSSR count). The molecule has 1 saturated carbocycles. The van der Waals surface area contributed by atoms with Crippen LogP contribution in [0.1, 0.15) is 19.3 Å². The second-order valence-corrected chi connectivity index (χ2v) is 4.64. The maximum absolute atomic E-state index is 5.90. The molecule has 0 aliphatic heterocycles. The quantitative estimate of drug-likeness (QED) is 0.858. The van der Waals surface area contributed by atoms with E-state index in [1.165, 1.54) is 19.3 Å². The van der Waals surface area contributed by atoms with Crippen molar-refractivity contribution in [2.75, 3.05) is 5.73 Å². The minimum atomic E-state index is 0.480. The van der Waals surface area contributed by atoms with E-state index in [-0.39, 0.29) is 0 Å². The Morgan fingerprint density at radius 1 is 1.47 bits per heavy atom. The number of nitrogens with two attached hydrogens (primary N) is 1. The van der Waals surface area contributed by atoms with E-state index in [1.807, 2.05) is 17.8 Å². The molecular formula is C11H16N6. The lowest BCUT2D eigenvalue weighted by atomic mass is 9.85. The number of hydrogen-bond donors (Lipinski definition) is 1.